The number of unbranched alkanes of at least 4 members (excludes halogenated alkanes) is 10. The van der Waals surface area contributed by atoms with Crippen molar-refractivity contribution in [2.75, 3.05) is 18.0 Å². The zero-order chi connectivity index (χ0) is 17.5. The lowest BCUT2D eigenvalue weighted by molar-refractivity contribution is 0.549. The predicted molar refractivity (Wildman–Crippen MR) is 110 cm³/mol. The second kappa shape index (κ2) is 14.4. The molecule has 0 N–H and O–H groups in total. The highest BCUT2D eigenvalue weighted by Crippen LogP contribution is 2.22. The molecular formula is C23H41N. The molecule has 0 saturated heterocycles. The molecule has 1 rings (SSSR count). The molecule has 0 unspecified atom stereocenters. The quantitative estimate of drug-likeness (QED) is 0.303. The monoisotopic (exact) mass is 331 g/mol. The summed E-state index contributed by atoms with van der Waals surface area (Å²) < 4.78 is 0. The van der Waals surface area contributed by atoms with Gasteiger partial charge in [-0.05, 0) is 38.3 Å². The second-order valence-electron chi connectivity index (χ2n) is 7.09. The van der Waals surface area contributed by atoms with Crippen LogP contribution in [0.1, 0.15) is 97.0 Å². The van der Waals surface area contributed by atoms with Gasteiger partial charge in [0.1, 0.15) is 0 Å². The first-order valence-corrected chi connectivity index (χ1v) is 10.7. The molecule has 1 nitrogen and oxygen atoms in total. The number of benzene rings is 1. The minimum atomic E-state index is 1.10. The summed E-state index contributed by atoms with van der Waals surface area (Å²) in [5.41, 5.74) is 2.99. The van der Waals surface area contributed by atoms with Gasteiger partial charge in [-0.15, -0.1) is 0 Å². The minimum Gasteiger partial charge on any atom is -0.372 e. The number of hydrogen-bond acceptors (Lipinski definition) is 1. The van der Waals surface area contributed by atoms with Gasteiger partial charge in [-0.3, -0.25) is 0 Å². The molecule has 1 aromatic carbocycles. The highest BCUT2D eigenvalue weighted by molar-refractivity contribution is 5.53. The molecule has 0 atom stereocenters. The van der Waals surface area contributed by atoms with Gasteiger partial charge < -0.3 is 4.90 Å². The summed E-state index contributed by atoms with van der Waals surface area (Å²) in [5, 5.41) is 0. The molecule has 1 heteroatoms. The molecule has 0 fully saturated rings. The van der Waals surface area contributed by atoms with E-state index in [1.54, 1.807) is 0 Å². The van der Waals surface area contributed by atoms with Gasteiger partial charge in [0.15, 0.2) is 0 Å². The van der Waals surface area contributed by atoms with Crippen LogP contribution >= 0.6 is 0 Å². The SMILES string of the molecule is CCCCCCCCCCCCCc1ccccc1N(CC)CC. The average Bonchev–Trinajstić information content (AvgIpc) is 2.62. The fourth-order valence-electron chi connectivity index (χ4n) is 3.57. The second-order valence-corrected chi connectivity index (χ2v) is 7.09. The van der Waals surface area contributed by atoms with Crippen LogP contribution in [0.4, 0.5) is 5.69 Å². The zero-order valence-corrected chi connectivity index (χ0v) is 16.7. The largest absolute Gasteiger partial charge is 0.372 e. The highest BCUT2D eigenvalue weighted by Gasteiger charge is 2.07. The molecule has 138 valence electrons. The van der Waals surface area contributed by atoms with Crippen molar-refractivity contribution in [2.24, 2.45) is 0 Å². The van der Waals surface area contributed by atoms with Crippen LogP contribution in [0.5, 0.6) is 0 Å². The third-order valence-electron chi connectivity index (χ3n) is 5.15. The molecule has 0 saturated carbocycles. The van der Waals surface area contributed by atoms with Gasteiger partial charge in [0.2, 0.25) is 0 Å². The molecule has 24 heavy (non-hydrogen) atoms. The van der Waals surface area contributed by atoms with Gasteiger partial charge in [0.05, 0.1) is 0 Å². The Morgan fingerprint density at radius 1 is 0.625 bits per heavy atom. The molecule has 0 aliphatic carbocycles. The lowest BCUT2D eigenvalue weighted by Gasteiger charge is -2.24. The van der Waals surface area contributed by atoms with Crippen LogP contribution in [0, 0.1) is 0 Å². The lowest BCUT2D eigenvalue weighted by atomic mass is 10.0. The molecule has 0 amide bonds. The van der Waals surface area contributed by atoms with E-state index in [1.165, 1.54) is 88.3 Å². The van der Waals surface area contributed by atoms with E-state index in [0.29, 0.717) is 0 Å². The van der Waals surface area contributed by atoms with Gasteiger partial charge in [-0.1, -0.05) is 89.3 Å². The smallest absolute Gasteiger partial charge is 0.0398 e. The summed E-state index contributed by atoms with van der Waals surface area (Å²) in [7, 11) is 0. The molecule has 0 radical (unpaired) electrons. The van der Waals surface area contributed by atoms with Crippen molar-refractivity contribution < 1.29 is 0 Å². The van der Waals surface area contributed by atoms with Crippen LogP contribution in [0.2, 0.25) is 0 Å². The number of aryl methyl sites for hydroxylation is 1. The van der Waals surface area contributed by atoms with Crippen LogP contribution in [-0.2, 0) is 6.42 Å². The van der Waals surface area contributed by atoms with Crippen LogP contribution in [0.15, 0.2) is 24.3 Å². The Morgan fingerprint density at radius 2 is 1.12 bits per heavy atom. The molecule has 0 spiro atoms. The molecule has 0 heterocycles. The van der Waals surface area contributed by atoms with E-state index in [0.717, 1.165) is 13.1 Å². The first-order chi connectivity index (χ1) is 11.8. The van der Waals surface area contributed by atoms with Crippen molar-refractivity contribution in [1.82, 2.24) is 0 Å². The molecule has 0 aromatic heterocycles. The fourth-order valence-corrected chi connectivity index (χ4v) is 3.57. The number of hydrogen-bond donors (Lipinski definition) is 0. The Morgan fingerprint density at radius 3 is 1.67 bits per heavy atom. The number of nitrogens with zero attached hydrogens (tertiary/aromatic N) is 1. The standard InChI is InChI=1S/C23H41N/c1-4-7-8-9-10-11-12-13-14-15-16-19-22-20-17-18-21-23(22)24(5-2)6-3/h17-18,20-21H,4-16,19H2,1-3H3. The molecule has 1 aromatic rings. The van der Waals surface area contributed by atoms with Crippen molar-refractivity contribution in [3.63, 3.8) is 0 Å². The maximum atomic E-state index is 2.48. The normalized spacial score (nSPS) is 11.0. The summed E-state index contributed by atoms with van der Waals surface area (Å²) in [6.45, 7) is 9.00. The first-order valence-electron chi connectivity index (χ1n) is 10.7. The van der Waals surface area contributed by atoms with E-state index >= 15 is 0 Å². The van der Waals surface area contributed by atoms with E-state index < -0.39 is 0 Å². The lowest BCUT2D eigenvalue weighted by Crippen LogP contribution is -2.23. The van der Waals surface area contributed by atoms with Crippen LogP contribution < -0.4 is 4.90 Å². The van der Waals surface area contributed by atoms with E-state index in [4.69, 9.17) is 0 Å². The minimum absolute atomic E-state index is 1.10. The zero-order valence-electron chi connectivity index (χ0n) is 16.7. The van der Waals surface area contributed by atoms with Crippen molar-refractivity contribution in [3.05, 3.63) is 29.8 Å². The number of anilines is 1. The van der Waals surface area contributed by atoms with E-state index in [2.05, 4.69) is 49.9 Å². The van der Waals surface area contributed by atoms with Crippen molar-refractivity contribution in [1.29, 1.82) is 0 Å². The summed E-state index contributed by atoms with van der Waals surface area (Å²) in [6, 6.07) is 8.99. The topological polar surface area (TPSA) is 3.24 Å². The summed E-state index contributed by atoms with van der Waals surface area (Å²) >= 11 is 0. The van der Waals surface area contributed by atoms with Gasteiger partial charge in [0, 0.05) is 18.8 Å². The third-order valence-corrected chi connectivity index (χ3v) is 5.15. The van der Waals surface area contributed by atoms with Crippen molar-refractivity contribution in [3.8, 4) is 0 Å². The van der Waals surface area contributed by atoms with E-state index in [1.807, 2.05) is 0 Å². The van der Waals surface area contributed by atoms with Gasteiger partial charge in [-0.2, -0.15) is 0 Å². The summed E-state index contributed by atoms with van der Waals surface area (Å²) in [6.07, 6.45) is 16.9. The van der Waals surface area contributed by atoms with Crippen molar-refractivity contribution in [2.45, 2.75) is 97.8 Å². The van der Waals surface area contributed by atoms with Gasteiger partial charge >= 0.3 is 0 Å². The van der Waals surface area contributed by atoms with Crippen LogP contribution in [0.3, 0.4) is 0 Å². The Balaban J connectivity index is 2.11. The van der Waals surface area contributed by atoms with Gasteiger partial charge in [0.25, 0.3) is 0 Å². The van der Waals surface area contributed by atoms with Crippen LogP contribution in [0.25, 0.3) is 0 Å². The summed E-state index contributed by atoms with van der Waals surface area (Å²) in [5.74, 6) is 0. The maximum Gasteiger partial charge on any atom is 0.0398 e. The fraction of sp³-hybridized carbons (Fsp3) is 0.739. The predicted octanol–water partition coefficient (Wildman–Crippen LogP) is 7.39. The Kier molecular flexibility index (Phi) is 12.6. The molecule has 0 aliphatic heterocycles. The van der Waals surface area contributed by atoms with Crippen LogP contribution in [-0.4, -0.2) is 13.1 Å². The van der Waals surface area contributed by atoms with E-state index in [9.17, 15) is 0 Å². The Labute approximate surface area is 151 Å². The number of rotatable bonds is 15. The molecule has 0 aliphatic rings. The highest BCUT2D eigenvalue weighted by atomic mass is 15.1. The third kappa shape index (κ3) is 8.76. The first kappa shape index (κ1) is 21.1. The van der Waals surface area contributed by atoms with E-state index in [-0.39, 0.29) is 0 Å². The van der Waals surface area contributed by atoms with Gasteiger partial charge in [-0.25, -0.2) is 0 Å². The molecule has 0 bridgehead atoms. The average molecular weight is 332 g/mol. The summed E-state index contributed by atoms with van der Waals surface area (Å²) in [4.78, 5) is 2.48. The maximum absolute atomic E-state index is 2.48. The Bertz CT molecular complexity index is 395. The Hall–Kier alpha value is -0.980. The molecular weight excluding hydrogens is 290 g/mol. The van der Waals surface area contributed by atoms with Crippen molar-refractivity contribution >= 4 is 5.69 Å². The number of para-hydroxylation sites is 1.